The fourth-order valence-corrected chi connectivity index (χ4v) is 3.64. The first-order chi connectivity index (χ1) is 14.9. The van der Waals surface area contributed by atoms with E-state index in [0.717, 1.165) is 27.6 Å². The van der Waals surface area contributed by atoms with Crippen molar-refractivity contribution >= 4 is 16.9 Å². The van der Waals surface area contributed by atoms with E-state index >= 15 is 0 Å². The Labute approximate surface area is 179 Å². The molecule has 156 valence electrons. The van der Waals surface area contributed by atoms with Gasteiger partial charge in [0.05, 0.1) is 5.56 Å². The van der Waals surface area contributed by atoms with Crippen molar-refractivity contribution < 1.29 is 19.1 Å². The van der Waals surface area contributed by atoms with Crippen LogP contribution < -0.4 is 10.4 Å². The number of carbonyl (C=O) groups is 1. The van der Waals surface area contributed by atoms with Gasteiger partial charge in [-0.25, -0.2) is 9.59 Å². The van der Waals surface area contributed by atoms with E-state index in [1.807, 2.05) is 56.3 Å². The lowest BCUT2D eigenvalue weighted by Crippen LogP contribution is -2.11. The van der Waals surface area contributed by atoms with Crippen LogP contribution in [-0.4, -0.2) is 11.1 Å². The number of carboxylic acid groups (broad SMARTS) is 1. The van der Waals surface area contributed by atoms with Crippen molar-refractivity contribution in [3.8, 4) is 5.75 Å². The van der Waals surface area contributed by atoms with E-state index in [9.17, 15) is 9.59 Å². The van der Waals surface area contributed by atoms with Crippen LogP contribution in [0.1, 0.15) is 38.2 Å². The summed E-state index contributed by atoms with van der Waals surface area (Å²) in [5.74, 6) is -0.344. The Hall–Kier alpha value is -3.86. The Balaban J connectivity index is 1.62. The molecule has 0 saturated heterocycles. The number of benzene rings is 3. The monoisotopic (exact) mass is 414 g/mol. The van der Waals surface area contributed by atoms with Gasteiger partial charge in [-0.15, -0.1) is 0 Å². The standard InChI is InChI=1S/C26H22O5/c1-16-21-12-13-23(30-15-19-8-10-20(11-9-19)25(27)28)17(2)24(21)31-26(29)22(16)14-18-6-4-3-5-7-18/h3-13H,14-15H2,1-2H3,(H,27,28). The second-order valence-electron chi connectivity index (χ2n) is 7.51. The van der Waals surface area contributed by atoms with E-state index in [2.05, 4.69) is 0 Å². The fraction of sp³-hybridized carbons (Fsp3) is 0.154. The molecule has 0 aliphatic carbocycles. The highest BCUT2D eigenvalue weighted by atomic mass is 16.5. The molecule has 5 nitrogen and oxygen atoms in total. The van der Waals surface area contributed by atoms with Crippen LogP contribution in [0, 0.1) is 13.8 Å². The Morgan fingerprint density at radius 3 is 2.29 bits per heavy atom. The quantitative estimate of drug-likeness (QED) is 0.435. The SMILES string of the molecule is Cc1c(Cc2ccccc2)c(=O)oc2c(C)c(OCc3ccc(C(=O)O)cc3)ccc12. The van der Waals surface area contributed by atoms with Gasteiger partial charge in [-0.2, -0.15) is 0 Å². The van der Waals surface area contributed by atoms with E-state index in [-0.39, 0.29) is 17.8 Å². The van der Waals surface area contributed by atoms with Gasteiger partial charge in [-0.3, -0.25) is 0 Å². The van der Waals surface area contributed by atoms with Crippen LogP contribution in [0.5, 0.6) is 5.75 Å². The minimum absolute atomic E-state index is 0.231. The molecular weight excluding hydrogens is 392 g/mol. The maximum Gasteiger partial charge on any atom is 0.340 e. The molecule has 1 aromatic heterocycles. The molecule has 0 unspecified atom stereocenters. The summed E-state index contributed by atoms with van der Waals surface area (Å²) in [6, 6.07) is 20.2. The van der Waals surface area contributed by atoms with Gasteiger partial charge in [0.15, 0.2) is 0 Å². The van der Waals surface area contributed by atoms with Crippen molar-refractivity contribution in [2.75, 3.05) is 0 Å². The van der Waals surface area contributed by atoms with E-state index in [1.165, 1.54) is 0 Å². The molecule has 1 heterocycles. The van der Waals surface area contributed by atoms with E-state index < -0.39 is 5.97 Å². The van der Waals surface area contributed by atoms with Crippen molar-refractivity contribution in [3.05, 3.63) is 111 Å². The molecule has 31 heavy (non-hydrogen) atoms. The van der Waals surface area contributed by atoms with Crippen molar-refractivity contribution in [2.45, 2.75) is 26.9 Å². The highest BCUT2D eigenvalue weighted by Crippen LogP contribution is 2.30. The van der Waals surface area contributed by atoms with Gasteiger partial charge in [-0.1, -0.05) is 42.5 Å². The molecule has 0 amide bonds. The van der Waals surface area contributed by atoms with Gasteiger partial charge in [0.25, 0.3) is 0 Å². The molecule has 0 fully saturated rings. The van der Waals surface area contributed by atoms with Crippen LogP contribution in [0.15, 0.2) is 75.9 Å². The minimum Gasteiger partial charge on any atom is -0.488 e. The molecule has 0 bridgehead atoms. The van der Waals surface area contributed by atoms with E-state index in [0.29, 0.717) is 23.3 Å². The summed E-state index contributed by atoms with van der Waals surface area (Å²) in [6.45, 7) is 4.09. The highest BCUT2D eigenvalue weighted by molar-refractivity contribution is 5.87. The summed E-state index contributed by atoms with van der Waals surface area (Å²) in [4.78, 5) is 23.7. The van der Waals surface area contributed by atoms with Gasteiger partial charge in [0, 0.05) is 22.9 Å². The lowest BCUT2D eigenvalue weighted by molar-refractivity contribution is 0.0697. The topological polar surface area (TPSA) is 76.7 Å². The highest BCUT2D eigenvalue weighted by Gasteiger charge is 2.16. The van der Waals surface area contributed by atoms with Gasteiger partial charge >= 0.3 is 11.6 Å². The maximum atomic E-state index is 12.7. The Morgan fingerprint density at radius 1 is 0.903 bits per heavy atom. The molecule has 1 N–H and O–H groups in total. The van der Waals surface area contributed by atoms with Crippen molar-refractivity contribution in [1.29, 1.82) is 0 Å². The number of carboxylic acids is 1. The smallest absolute Gasteiger partial charge is 0.340 e. The van der Waals surface area contributed by atoms with Crippen LogP contribution in [0.4, 0.5) is 0 Å². The molecule has 0 spiro atoms. The average Bonchev–Trinajstić information content (AvgIpc) is 2.77. The van der Waals surface area contributed by atoms with Crippen LogP contribution >= 0.6 is 0 Å². The van der Waals surface area contributed by atoms with Crippen molar-refractivity contribution in [2.24, 2.45) is 0 Å². The van der Waals surface area contributed by atoms with E-state index in [1.54, 1.807) is 24.3 Å². The molecule has 4 aromatic rings. The fourth-order valence-electron chi connectivity index (χ4n) is 3.64. The Bertz CT molecular complexity index is 1300. The summed E-state index contributed by atoms with van der Waals surface area (Å²) >= 11 is 0. The number of aromatic carboxylic acids is 1. The van der Waals surface area contributed by atoms with Crippen molar-refractivity contribution in [1.82, 2.24) is 0 Å². The normalized spacial score (nSPS) is 10.9. The average molecular weight is 414 g/mol. The number of hydrogen-bond acceptors (Lipinski definition) is 4. The summed E-state index contributed by atoms with van der Waals surface area (Å²) in [6.07, 6.45) is 0.522. The molecule has 0 radical (unpaired) electrons. The zero-order valence-corrected chi connectivity index (χ0v) is 17.3. The zero-order chi connectivity index (χ0) is 22.0. The molecule has 4 rings (SSSR count). The van der Waals surface area contributed by atoms with Crippen LogP contribution in [-0.2, 0) is 13.0 Å². The van der Waals surface area contributed by atoms with Gasteiger partial charge < -0.3 is 14.3 Å². The molecule has 5 heteroatoms. The maximum absolute atomic E-state index is 12.7. The summed E-state index contributed by atoms with van der Waals surface area (Å²) in [7, 11) is 0. The molecule has 0 atom stereocenters. The first kappa shape index (κ1) is 20.4. The molecule has 0 aliphatic rings. The summed E-state index contributed by atoms with van der Waals surface area (Å²) in [5.41, 5.74) is 4.65. The van der Waals surface area contributed by atoms with Gasteiger partial charge in [-0.05, 0) is 54.8 Å². The predicted molar refractivity (Wildman–Crippen MR) is 119 cm³/mol. The number of rotatable bonds is 6. The molecular formula is C26H22O5. The number of ether oxygens (including phenoxy) is 1. The first-order valence-corrected chi connectivity index (χ1v) is 9.99. The van der Waals surface area contributed by atoms with Gasteiger partial charge in [0.1, 0.15) is 17.9 Å². The summed E-state index contributed by atoms with van der Waals surface area (Å²) in [5, 5.41) is 9.89. The molecule has 0 aliphatic heterocycles. The van der Waals surface area contributed by atoms with Crippen LogP contribution in [0.3, 0.4) is 0 Å². The minimum atomic E-state index is -0.963. The van der Waals surface area contributed by atoms with Crippen LogP contribution in [0.25, 0.3) is 11.0 Å². The number of fused-ring (bicyclic) bond motifs is 1. The Morgan fingerprint density at radius 2 is 1.61 bits per heavy atom. The summed E-state index contributed by atoms with van der Waals surface area (Å²) < 4.78 is 11.6. The number of hydrogen-bond donors (Lipinski definition) is 1. The van der Waals surface area contributed by atoms with Gasteiger partial charge in [0.2, 0.25) is 0 Å². The lowest BCUT2D eigenvalue weighted by Gasteiger charge is -2.13. The predicted octanol–water partition coefficient (Wildman–Crippen LogP) is 5.28. The van der Waals surface area contributed by atoms with E-state index in [4.69, 9.17) is 14.3 Å². The second kappa shape index (κ2) is 8.48. The van der Waals surface area contributed by atoms with Crippen molar-refractivity contribution in [3.63, 3.8) is 0 Å². The third-order valence-corrected chi connectivity index (χ3v) is 5.47. The zero-order valence-electron chi connectivity index (χ0n) is 17.3. The number of aryl methyl sites for hydroxylation is 2. The Kier molecular flexibility index (Phi) is 5.58. The third kappa shape index (κ3) is 4.21. The second-order valence-corrected chi connectivity index (χ2v) is 7.51. The molecule has 0 saturated carbocycles. The van der Waals surface area contributed by atoms with Crippen LogP contribution in [0.2, 0.25) is 0 Å². The third-order valence-electron chi connectivity index (χ3n) is 5.47. The molecule has 3 aromatic carbocycles. The lowest BCUT2D eigenvalue weighted by atomic mass is 9.98. The first-order valence-electron chi connectivity index (χ1n) is 9.99. The largest absolute Gasteiger partial charge is 0.488 e.